The number of rotatable bonds is 18. The van der Waals surface area contributed by atoms with Gasteiger partial charge in [0, 0.05) is 107 Å². The van der Waals surface area contributed by atoms with E-state index >= 15 is 0 Å². The van der Waals surface area contributed by atoms with Crippen LogP contribution in [-0.4, -0.2) is 152 Å². The molecule has 0 aliphatic carbocycles. The van der Waals surface area contributed by atoms with Gasteiger partial charge in [0.15, 0.2) is 23.0 Å². The van der Waals surface area contributed by atoms with Crippen molar-refractivity contribution in [3.05, 3.63) is 112 Å². The van der Waals surface area contributed by atoms with Gasteiger partial charge in [-0.15, -0.1) is 0 Å². The van der Waals surface area contributed by atoms with E-state index in [1.165, 1.54) is 58.1 Å². The molecular weight excluding hydrogens is 1060 g/mol. The van der Waals surface area contributed by atoms with Crippen LogP contribution >= 0.6 is 34.8 Å². The smallest absolute Gasteiger partial charge is 0.223 e. The van der Waals surface area contributed by atoms with E-state index in [0.717, 1.165) is 163 Å². The topological polar surface area (TPSA) is 200 Å². The zero-order valence-corrected chi connectivity index (χ0v) is 48.2. The molecule has 0 bridgehead atoms. The lowest BCUT2D eigenvalue weighted by Gasteiger charge is -2.21. The highest BCUT2D eigenvalue weighted by Crippen LogP contribution is 2.31. The van der Waals surface area contributed by atoms with Crippen molar-refractivity contribution >= 4 is 40.5 Å². The monoisotopic (exact) mass is 1140 g/mol. The average molecular weight is 1140 g/mol. The SMILES string of the molecule is COc1ccc(Cc2nccc(CC3CCOCC3)n2)cc1OCCCN1CCCC1.COc1ccc(N)cc1OCCCN1CCCC1.Clc1ccnc(Cl)n1.Clc1nccc(CC2CCOCC2)n1.NC1CCOCC1. The normalized spacial score (nSPS) is 17.2. The Morgan fingerprint density at radius 1 is 0.551 bits per heavy atom. The molecule has 17 nitrogen and oxygen atoms in total. The molecule has 0 radical (unpaired) electrons. The summed E-state index contributed by atoms with van der Waals surface area (Å²) in [5, 5.41) is 0.886. The molecule has 0 spiro atoms. The van der Waals surface area contributed by atoms with Gasteiger partial charge in [-0.2, -0.15) is 0 Å². The van der Waals surface area contributed by atoms with Gasteiger partial charge in [-0.05, 0) is 199 Å². The molecule has 8 heterocycles. The molecule has 5 saturated heterocycles. The maximum Gasteiger partial charge on any atom is 0.223 e. The van der Waals surface area contributed by atoms with Gasteiger partial charge in [0.1, 0.15) is 11.0 Å². The molecule has 5 aromatic rings. The average Bonchev–Trinajstić information content (AvgIpc) is 4.19. The summed E-state index contributed by atoms with van der Waals surface area (Å²) in [5.41, 5.74) is 15.3. The lowest BCUT2D eigenvalue weighted by molar-refractivity contribution is 0.0661. The number of benzene rings is 2. The van der Waals surface area contributed by atoms with Gasteiger partial charge < -0.3 is 54.4 Å². The molecule has 428 valence electrons. The first-order valence-electron chi connectivity index (χ1n) is 27.8. The molecule has 20 heteroatoms. The Hall–Kier alpha value is -4.69. The van der Waals surface area contributed by atoms with Gasteiger partial charge in [0.05, 0.1) is 27.4 Å². The van der Waals surface area contributed by atoms with Crippen molar-refractivity contribution < 1.29 is 33.2 Å². The van der Waals surface area contributed by atoms with Crippen molar-refractivity contribution in [2.75, 3.05) is 112 Å². The maximum atomic E-state index is 6.09. The fourth-order valence-electron chi connectivity index (χ4n) is 9.53. The first kappa shape index (κ1) is 62.5. The van der Waals surface area contributed by atoms with Crippen molar-refractivity contribution in [1.82, 2.24) is 39.7 Å². The zero-order chi connectivity index (χ0) is 55.0. The van der Waals surface area contributed by atoms with Crippen LogP contribution in [0.1, 0.15) is 99.8 Å². The minimum atomic E-state index is 0.178. The molecule has 0 atom stereocenters. The highest BCUT2D eigenvalue weighted by atomic mass is 35.5. The van der Waals surface area contributed by atoms with Crippen LogP contribution in [0.25, 0.3) is 0 Å². The summed E-state index contributed by atoms with van der Waals surface area (Å²) < 4.78 is 38.4. The quantitative estimate of drug-likeness (QED) is 0.0363. The van der Waals surface area contributed by atoms with E-state index < -0.39 is 0 Å². The van der Waals surface area contributed by atoms with E-state index in [0.29, 0.717) is 53.6 Å². The Labute approximate surface area is 477 Å². The molecule has 0 unspecified atom stereocenters. The van der Waals surface area contributed by atoms with E-state index in [1.54, 1.807) is 26.5 Å². The lowest BCUT2D eigenvalue weighted by atomic mass is 9.95. The number of hydrogen-bond acceptors (Lipinski definition) is 17. The van der Waals surface area contributed by atoms with Gasteiger partial charge in [-0.1, -0.05) is 17.7 Å². The molecule has 10 rings (SSSR count). The molecule has 5 fully saturated rings. The fourth-order valence-corrected chi connectivity index (χ4v) is 10.0. The predicted octanol–water partition coefficient (Wildman–Crippen LogP) is 10.1. The number of hydrogen-bond donors (Lipinski definition) is 2. The maximum absolute atomic E-state index is 6.09. The molecule has 3 aromatic heterocycles. The number of likely N-dealkylation sites (tertiary alicyclic amines) is 2. The van der Waals surface area contributed by atoms with Gasteiger partial charge in [-0.3, -0.25) is 0 Å². The summed E-state index contributed by atoms with van der Waals surface area (Å²) >= 11 is 16.5. The molecule has 5 aliphatic rings. The number of nitrogen functional groups attached to an aromatic ring is 1. The largest absolute Gasteiger partial charge is 0.493 e. The van der Waals surface area contributed by atoms with E-state index in [9.17, 15) is 0 Å². The summed E-state index contributed by atoms with van der Waals surface area (Å²) in [6.45, 7) is 13.8. The van der Waals surface area contributed by atoms with Crippen LogP contribution < -0.4 is 30.4 Å². The number of nitrogens with two attached hydrogens (primary N) is 2. The highest BCUT2D eigenvalue weighted by Gasteiger charge is 2.18. The van der Waals surface area contributed by atoms with Crippen LogP contribution in [0.2, 0.25) is 15.7 Å². The van der Waals surface area contributed by atoms with Crippen LogP contribution in [0.15, 0.2) is 73.2 Å². The third kappa shape index (κ3) is 24.8. The molecular formula is C58H83Cl3N10O7. The number of halogens is 3. The van der Waals surface area contributed by atoms with Crippen LogP contribution in [0, 0.1) is 11.8 Å². The van der Waals surface area contributed by atoms with Gasteiger partial charge >= 0.3 is 0 Å². The molecule has 5 aliphatic heterocycles. The summed E-state index contributed by atoms with van der Waals surface area (Å²) in [7, 11) is 3.33. The number of nitrogens with zero attached hydrogens (tertiary/aromatic N) is 8. The molecule has 0 amide bonds. The third-order valence-corrected chi connectivity index (χ3v) is 14.5. The highest BCUT2D eigenvalue weighted by molar-refractivity contribution is 6.31. The minimum absolute atomic E-state index is 0.178. The van der Waals surface area contributed by atoms with Crippen LogP contribution in [-0.2, 0) is 33.5 Å². The summed E-state index contributed by atoms with van der Waals surface area (Å²) in [5.74, 6) is 5.27. The second-order valence-corrected chi connectivity index (χ2v) is 21.0. The molecule has 4 N–H and O–H groups in total. The van der Waals surface area contributed by atoms with Crippen LogP contribution in [0.5, 0.6) is 23.0 Å². The number of aromatic nitrogens is 6. The van der Waals surface area contributed by atoms with Gasteiger partial charge in [0.2, 0.25) is 10.6 Å². The second kappa shape index (κ2) is 36.5. The van der Waals surface area contributed by atoms with Gasteiger partial charge in [0.25, 0.3) is 0 Å². The van der Waals surface area contributed by atoms with E-state index in [1.807, 2.05) is 42.6 Å². The second-order valence-electron chi connectivity index (χ2n) is 20.0. The summed E-state index contributed by atoms with van der Waals surface area (Å²) in [6.07, 6.45) is 21.8. The molecule has 2 aromatic carbocycles. The zero-order valence-electron chi connectivity index (χ0n) is 45.9. The van der Waals surface area contributed by atoms with Crippen molar-refractivity contribution in [3.63, 3.8) is 0 Å². The van der Waals surface area contributed by atoms with Crippen molar-refractivity contribution in [3.8, 4) is 23.0 Å². The van der Waals surface area contributed by atoms with Crippen molar-refractivity contribution in [2.24, 2.45) is 17.6 Å². The summed E-state index contributed by atoms with van der Waals surface area (Å²) in [6, 6.07) is 17.5. The Morgan fingerprint density at radius 2 is 1.03 bits per heavy atom. The standard InChI is InChI=1S/C25H35N3O3.C14H22N2O2.C10H13ClN2O.C5H11NO.C4H2Cl2N2/c1-29-23-6-5-21(18-24(23)31-14-4-13-28-11-2-3-12-28)19-25-26-10-7-22(27-25)17-20-8-15-30-16-9-20;1-17-13-6-5-12(15)11-14(13)18-10-4-9-16-7-2-3-8-16;11-10-12-4-1-9(13-10)7-8-2-5-14-6-3-8;6-5-1-3-7-4-2-5;5-3-1-2-7-4(6)8-3/h5-7,10,18,20H,2-4,8-9,11-17,19H2,1H3;5-6,11H,2-4,7-10,15H2,1H3;1,4,8H,2-3,5-7H2;5H,1-4,6H2;1-2H. The van der Waals surface area contributed by atoms with E-state index in [2.05, 4.69) is 46.9 Å². The minimum Gasteiger partial charge on any atom is -0.493 e. The number of anilines is 1. The fraction of sp³-hybridized carbons (Fsp3) is 0.586. The Kier molecular flexibility index (Phi) is 29.3. The lowest BCUT2D eigenvalue weighted by Crippen LogP contribution is -2.28. The molecule has 0 saturated carbocycles. The Balaban J connectivity index is 0.000000176. The predicted molar refractivity (Wildman–Crippen MR) is 308 cm³/mol. The van der Waals surface area contributed by atoms with Crippen molar-refractivity contribution in [2.45, 2.75) is 102 Å². The first-order valence-corrected chi connectivity index (χ1v) is 29.0. The molecule has 78 heavy (non-hydrogen) atoms. The number of methoxy groups -OCH3 is 2. The van der Waals surface area contributed by atoms with Crippen LogP contribution in [0.3, 0.4) is 0 Å². The Bertz CT molecular complexity index is 2410. The first-order chi connectivity index (χ1) is 38.1. The Morgan fingerprint density at radius 3 is 1.50 bits per heavy atom. The van der Waals surface area contributed by atoms with Crippen LogP contribution in [0.4, 0.5) is 5.69 Å². The van der Waals surface area contributed by atoms with Gasteiger partial charge in [-0.25, -0.2) is 29.9 Å². The van der Waals surface area contributed by atoms with E-state index in [4.69, 9.17) is 84.4 Å². The van der Waals surface area contributed by atoms with Crippen molar-refractivity contribution in [1.29, 1.82) is 0 Å². The summed E-state index contributed by atoms with van der Waals surface area (Å²) in [4.78, 5) is 29.6. The third-order valence-electron chi connectivity index (χ3n) is 13.9. The van der Waals surface area contributed by atoms with E-state index in [-0.39, 0.29) is 5.28 Å². The number of ether oxygens (including phenoxy) is 7.